The highest BCUT2D eigenvalue weighted by Crippen LogP contribution is 2.23. The van der Waals surface area contributed by atoms with Crippen LogP contribution in [0.5, 0.6) is 5.75 Å². The fourth-order valence-electron chi connectivity index (χ4n) is 3.13. The summed E-state index contributed by atoms with van der Waals surface area (Å²) in [6.07, 6.45) is 2.58. The smallest absolute Gasteiger partial charge is 0.236 e. The maximum absolute atomic E-state index is 12.5. The van der Waals surface area contributed by atoms with Crippen molar-refractivity contribution < 1.29 is 17.9 Å². The van der Waals surface area contributed by atoms with Crippen LogP contribution in [0.2, 0.25) is 0 Å². The van der Waals surface area contributed by atoms with Gasteiger partial charge in [-0.3, -0.25) is 4.79 Å². The number of hydrogen-bond donors (Lipinski definition) is 1. The van der Waals surface area contributed by atoms with Gasteiger partial charge in [-0.05, 0) is 36.6 Å². The molecule has 1 aliphatic rings. The summed E-state index contributed by atoms with van der Waals surface area (Å²) in [5.74, 6) is 0.366. The first-order chi connectivity index (χ1) is 13.5. The van der Waals surface area contributed by atoms with Crippen molar-refractivity contribution in [2.45, 2.75) is 12.8 Å². The molecule has 148 valence electrons. The third-order valence-corrected chi connectivity index (χ3v) is 6.32. The van der Waals surface area contributed by atoms with Gasteiger partial charge in [-0.25, -0.2) is 8.42 Å². The molecule has 1 aliphatic heterocycles. The van der Waals surface area contributed by atoms with E-state index in [1.54, 1.807) is 25.3 Å². The van der Waals surface area contributed by atoms with Crippen LogP contribution in [0, 0.1) is 5.92 Å². The lowest BCUT2D eigenvalue weighted by Crippen LogP contribution is -2.40. The molecule has 3 rings (SSSR count). The number of benzene rings is 2. The summed E-state index contributed by atoms with van der Waals surface area (Å²) in [6.45, 7) is 0.662. The van der Waals surface area contributed by atoms with Crippen LogP contribution in [0.4, 0.5) is 5.69 Å². The molecule has 0 spiro atoms. The highest BCUT2D eigenvalue weighted by molar-refractivity contribution is 7.92. The highest BCUT2D eigenvalue weighted by atomic mass is 32.2. The molecule has 1 fully saturated rings. The zero-order chi connectivity index (χ0) is 20.0. The second-order valence-electron chi connectivity index (χ2n) is 6.65. The van der Waals surface area contributed by atoms with E-state index < -0.39 is 10.0 Å². The van der Waals surface area contributed by atoms with Crippen LogP contribution in [0.25, 0.3) is 6.08 Å². The summed E-state index contributed by atoms with van der Waals surface area (Å²) < 4.78 is 31.6. The van der Waals surface area contributed by atoms with Gasteiger partial charge >= 0.3 is 0 Å². The molecule has 28 heavy (non-hydrogen) atoms. The zero-order valence-electron chi connectivity index (χ0n) is 15.7. The molecule has 7 heteroatoms. The largest absolute Gasteiger partial charge is 0.497 e. The van der Waals surface area contributed by atoms with E-state index in [0.717, 1.165) is 5.56 Å². The predicted octanol–water partition coefficient (Wildman–Crippen LogP) is 3.35. The average molecular weight is 401 g/mol. The van der Waals surface area contributed by atoms with Gasteiger partial charge in [0.25, 0.3) is 0 Å². The molecule has 1 saturated heterocycles. The van der Waals surface area contributed by atoms with Gasteiger partial charge in [0.15, 0.2) is 0 Å². The van der Waals surface area contributed by atoms with Gasteiger partial charge in [0.05, 0.1) is 7.11 Å². The number of amides is 1. The highest BCUT2D eigenvalue weighted by Gasteiger charge is 2.30. The molecule has 6 nitrogen and oxygen atoms in total. The Bertz CT molecular complexity index is 934. The predicted molar refractivity (Wildman–Crippen MR) is 110 cm³/mol. The lowest BCUT2D eigenvalue weighted by Gasteiger charge is -2.29. The standard InChI is InChI=1S/C21H24N2O4S/c1-27-20-9-5-8-19(16-20)22-21(24)18-10-13-23(14-11-18)28(25,26)15-12-17-6-3-2-4-7-17/h2-9,12,15-16,18H,10-11,13-14H2,1H3,(H,22,24)/b15-12+. The summed E-state index contributed by atoms with van der Waals surface area (Å²) >= 11 is 0. The summed E-state index contributed by atoms with van der Waals surface area (Å²) in [6, 6.07) is 16.5. The summed E-state index contributed by atoms with van der Waals surface area (Å²) in [5.41, 5.74) is 1.50. The van der Waals surface area contributed by atoms with Gasteiger partial charge in [0, 0.05) is 36.2 Å². The Morgan fingerprint density at radius 3 is 2.50 bits per heavy atom. The second kappa shape index (κ2) is 9.03. The zero-order valence-corrected chi connectivity index (χ0v) is 16.6. The number of carbonyl (C=O) groups is 1. The minimum absolute atomic E-state index is 0.0925. The van der Waals surface area contributed by atoms with Crippen molar-refractivity contribution in [2.75, 3.05) is 25.5 Å². The Morgan fingerprint density at radius 2 is 1.82 bits per heavy atom. The molecule has 0 bridgehead atoms. The van der Waals surface area contributed by atoms with Crippen LogP contribution in [0.3, 0.4) is 0 Å². The minimum Gasteiger partial charge on any atom is -0.497 e. The molecule has 0 saturated carbocycles. The summed E-state index contributed by atoms with van der Waals surface area (Å²) in [4.78, 5) is 12.5. The van der Waals surface area contributed by atoms with Gasteiger partial charge in [-0.2, -0.15) is 4.31 Å². The maximum atomic E-state index is 12.5. The number of nitrogens with zero attached hydrogens (tertiary/aromatic N) is 1. The number of rotatable bonds is 6. The van der Waals surface area contributed by atoms with Crippen LogP contribution < -0.4 is 10.1 Å². The van der Waals surface area contributed by atoms with Gasteiger partial charge in [0.1, 0.15) is 5.75 Å². The van der Waals surface area contributed by atoms with Crippen LogP contribution in [-0.4, -0.2) is 38.8 Å². The van der Waals surface area contributed by atoms with Crippen molar-refractivity contribution in [3.05, 3.63) is 65.6 Å². The fourth-order valence-corrected chi connectivity index (χ4v) is 4.35. The first-order valence-electron chi connectivity index (χ1n) is 9.16. The number of sulfonamides is 1. The van der Waals surface area contributed by atoms with Crippen LogP contribution in [0.1, 0.15) is 18.4 Å². The number of ether oxygens (including phenoxy) is 1. The molecule has 1 amide bonds. The topological polar surface area (TPSA) is 75.7 Å². The molecule has 0 aliphatic carbocycles. The third kappa shape index (κ3) is 5.21. The van der Waals surface area contributed by atoms with E-state index in [2.05, 4.69) is 5.32 Å². The normalized spacial score (nSPS) is 16.2. The van der Waals surface area contributed by atoms with E-state index in [9.17, 15) is 13.2 Å². The number of nitrogens with one attached hydrogen (secondary N) is 1. The second-order valence-corrected chi connectivity index (χ2v) is 8.47. The van der Waals surface area contributed by atoms with Crippen LogP contribution >= 0.6 is 0 Å². The number of methoxy groups -OCH3 is 1. The number of hydrogen-bond acceptors (Lipinski definition) is 4. The van der Waals surface area contributed by atoms with Gasteiger partial charge < -0.3 is 10.1 Å². The molecular weight excluding hydrogens is 376 g/mol. The molecule has 0 aromatic heterocycles. The SMILES string of the molecule is COc1cccc(NC(=O)C2CCN(S(=O)(=O)/C=C/c3ccccc3)CC2)c1. The van der Waals surface area contributed by atoms with Crippen molar-refractivity contribution in [3.63, 3.8) is 0 Å². The molecule has 1 N–H and O–H groups in total. The summed E-state index contributed by atoms with van der Waals surface area (Å²) in [5, 5.41) is 4.12. The van der Waals surface area contributed by atoms with E-state index in [0.29, 0.717) is 37.4 Å². The first-order valence-corrected chi connectivity index (χ1v) is 10.7. The van der Waals surface area contributed by atoms with Crippen molar-refractivity contribution in [1.29, 1.82) is 0 Å². The lowest BCUT2D eigenvalue weighted by atomic mass is 9.97. The molecule has 0 radical (unpaired) electrons. The number of carbonyl (C=O) groups excluding carboxylic acids is 1. The van der Waals surface area contributed by atoms with Crippen molar-refractivity contribution in [1.82, 2.24) is 4.31 Å². The Hall–Kier alpha value is -2.64. The van der Waals surface area contributed by atoms with E-state index in [-0.39, 0.29) is 11.8 Å². The Morgan fingerprint density at radius 1 is 1.11 bits per heavy atom. The van der Waals surface area contributed by atoms with E-state index in [1.807, 2.05) is 42.5 Å². The molecule has 0 atom stereocenters. The minimum atomic E-state index is -3.49. The summed E-state index contributed by atoms with van der Waals surface area (Å²) in [7, 11) is -1.92. The van der Waals surface area contributed by atoms with Crippen molar-refractivity contribution in [2.24, 2.45) is 5.92 Å². The van der Waals surface area contributed by atoms with E-state index >= 15 is 0 Å². The molecule has 0 unspecified atom stereocenters. The van der Waals surface area contributed by atoms with Gasteiger partial charge in [-0.15, -0.1) is 0 Å². The van der Waals surface area contributed by atoms with Crippen LogP contribution in [0.15, 0.2) is 60.0 Å². The third-order valence-electron chi connectivity index (χ3n) is 4.75. The molecule has 2 aromatic rings. The molecular formula is C21H24N2O4S. The van der Waals surface area contributed by atoms with Crippen molar-refractivity contribution in [3.8, 4) is 5.75 Å². The Balaban J connectivity index is 1.56. The Kier molecular flexibility index (Phi) is 6.49. The van der Waals surface area contributed by atoms with Gasteiger partial charge in [-0.1, -0.05) is 36.4 Å². The average Bonchev–Trinajstić information content (AvgIpc) is 2.73. The lowest BCUT2D eigenvalue weighted by molar-refractivity contribution is -0.120. The van der Waals surface area contributed by atoms with E-state index in [1.165, 1.54) is 9.71 Å². The van der Waals surface area contributed by atoms with Crippen molar-refractivity contribution >= 4 is 27.7 Å². The first kappa shape index (κ1) is 20.1. The molecule has 1 heterocycles. The fraction of sp³-hybridized carbons (Fsp3) is 0.286. The number of anilines is 1. The van der Waals surface area contributed by atoms with Crippen LogP contribution in [-0.2, 0) is 14.8 Å². The maximum Gasteiger partial charge on any atom is 0.236 e. The Labute approximate surface area is 165 Å². The monoisotopic (exact) mass is 400 g/mol. The molecule has 2 aromatic carbocycles. The van der Waals surface area contributed by atoms with Gasteiger partial charge in [0.2, 0.25) is 15.9 Å². The quantitative estimate of drug-likeness (QED) is 0.807. The van der Waals surface area contributed by atoms with E-state index in [4.69, 9.17) is 4.74 Å². The number of piperidine rings is 1.